The number of hydrogen-bond donors (Lipinski definition) is 6. The Morgan fingerprint density at radius 2 is 1.87 bits per heavy atom. The van der Waals surface area contributed by atoms with Gasteiger partial charge in [0.15, 0.2) is 0 Å². The van der Waals surface area contributed by atoms with Gasteiger partial charge in [0, 0.05) is 23.3 Å². The van der Waals surface area contributed by atoms with Crippen molar-refractivity contribution in [2.24, 2.45) is 67.0 Å². The van der Waals surface area contributed by atoms with Crippen LogP contribution in [0.1, 0.15) is 71.6 Å². The summed E-state index contributed by atoms with van der Waals surface area (Å²) in [6.07, 6.45) is 10.9. The molecular formula is C22H38N8O. The largest absolute Gasteiger partial charge is 0.389 e. The zero-order valence-corrected chi connectivity index (χ0v) is 18.8. The van der Waals surface area contributed by atoms with Crippen molar-refractivity contribution >= 4 is 23.8 Å². The maximum absolute atomic E-state index is 12.1. The summed E-state index contributed by atoms with van der Waals surface area (Å²) in [6, 6.07) is 0. The average molecular weight is 431 g/mol. The van der Waals surface area contributed by atoms with E-state index in [1.165, 1.54) is 0 Å². The molecule has 9 N–H and O–H groups in total. The molecule has 0 heterocycles. The van der Waals surface area contributed by atoms with Crippen molar-refractivity contribution in [3.05, 3.63) is 0 Å². The van der Waals surface area contributed by atoms with E-state index in [4.69, 9.17) is 22.6 Å². The van der Waals surface area contributed by atoms with Gasteiger partial charge in [-0.3, -0.25) is 5.41 Å². The first-order valence-corrected chi connectivity index (χ1v) is 11.6. The smallest absolute Gasteiger partial charge is 0.211 e. The zero-order chi connectivity index (χ0) is 22.4. The SMILES string of the molecule is C[C@]12CCC(=NNC(=N)N)CC1CC[C@@H]1[C@H]2CC[C@]2(C)C(C=NN=C(N)N)CC[C@@]12O. The van der Waals surface area contributed by atoms with Gasteiger partial charge < -0.3 is 22.3 Å². The number of hydrogen-bond acceptors (Lipinski definition) is 5. The van der Waals surface area contributed by atoms with Crippen molar-refractivity contribution in [2.75, 3.05) is 0 Å². The van der Waals surface area contributed by atoms with E-state index in [9.17, 15) is 5.11 Å². The molecule has 0 bridgehead atoms. The summed E-state index contributed by atoms with van der Waals surface area (Å²) in [7, 11) is 0. The second-order valence-corrected chi connectivity index (χ2v) is 10.7. The van der Waals surface area contributed by atoms with Crippen molar-refractivity contribution in [3.63, 3.8) is 0 Å². The Labute approximate surface area is 184 Å². The monoisotopic (exact) mass is 430 g/mol. The molecule has 0 aromatic rings. The van der Waals surface area contributed by atoms with Gasteiger partial charge in [0.1, 0.15) is 0 Å². The minimum absolute atomic E-state index is 0.0386. The van der Waals surface area contributed by atoms with Crippen molar-refractivity contribution in [3.8, 4) is 0 Å². The summed E-state index contributed by atoms with van der Waals surface area (Å²) in [4.78, 5) is 0. The molecule has 0 amide bonds. The van der Waals surface area contributed by atoms with Gasteiger partial charge in [0.2, 0.25) is 11.9 Å². The van der Waals surface area contributed by atoms with E-state index in [0.29, 0.717) is 17.8 Å². The van der Waals surface area contributed by atoms with Crippen LogP contribution in [-0.4, -0.2) is 34.6 Å². The highest BCUT2D eigenvalue weighted by Gasteiger charge is 2.66. The molecule has 172 valence electrons. The second kappa shape index (κ2) is 7.76. The molecular weight excluding hydrogens is 392 g/mol. The number of nitrogens with one attached hydrogen (secondary N) is 2. The first kappa shape index (κ1) is 22.0. The van der Waals surface area contributed by atoms with Crippen LogP contribution in [0.25, 0.3) is 0 Å². The van der Waals surface area contributed by atoms with E-state index in [1.54, 1.807) is 0 Å². The van der Waals surface area contributed by atoms with Gasteiger partial charge in [-0.25, -0.2) is 5.43 Å². The normalized spacial score (nSPS) is 45.6. The van der Waals surface area contributed by atoms with Gasteiger partial charge in [-0.2, -0.15) is 10.2 Å². The molecule has 0 radical (unpaired) electrons. The maximum atomic E-state index is 12.1. The van der Waals surface area contributed by atoms with Crippen molar-refractivity contribution in [1.82, 2.24) is 5.43 Å². The first-order chi connectivity index (χ1) is 14.6. The van der Waals surface area contributed by atoms with Gasteiger partial charge in [0.25, 0.3) is 0 Å². The molecule has 0 aromatic carbocycles. The molecule has 4 aliphatic rings. The number of nitrogens with zero attached hydrogens (tertiary/aromatic N) is 3. The van der Waals surface area contributed by atoms with Crippen LogP contribution in [0.4, 0.5) is 0 Å². The Bertz CT molecular complexity index is 820. The molecule has 4 aliphatic carbocycles. The fourth-order valence-corrected chi connectivity index (χ4v) is 7.73. The molecule has 0 aromatic heterocycles. The second-order valence-electron chi connectivity index (χ2n) is 10.7. The maximum Gasteiger partial charge on any atom is 0.211 e. The Kier molecular flexibility index (Phi) is 5.52. The number of nitrogens with two attached hydrogens (primary N) is 3. The van der Waals surface area contributed by atoms with Crippen molar-refractivity contribution < 1.29 is 5.11 Å². The molecule has 0 saturated heterocycles. The van der Waals surface area contributed by atoms with Crippen LogP contribution in [0.5, 0.6) is 0 Å². The topological polar surface area (TPSA) is 171 Å². The fraction of sp³-hybridized carbons (Fsp3) is 0.818. The molecule has 4 rings (SSSR count). The van der Waals surface area contributed by atoms with Gasteiger partial charge in [-0.05, 0) is 81.0 Å². The summed E-state index contributed by atoms with van der Waals surface area (Å²) in [5.41, 5.74) is 19.3. The Morgan fingerprint density at radius 3 is 2.58 bits per heavy atom. The predicted molar refractivity (Wildman–Crippen MR) is 123 cm³/mol. The quantitative estimate of drug-likeness (QED) is 0.227. The number of hydrazone groups is 1. The van der Waals surface area contributed by atoms with E-state index >= 15 is 0 Å². The standard InChI is InChI=1S/C22H38N8O/c1-20-8-6-15(28-30-19(25)26)11-13(20)3-4-17-16(20)7-9-21(2)14(5-10-22(17,21)31)12-27-29-18(23)24/h12-14,16-17,31H,3-11H2,1-2H3,(H4,23,24,29)(H4,25,26,30)/t13?,14?,16-,17-,20+,21-,22-/m1/s1. The molecule has 4 saturated carbocycles. The number of fused-ring (bicyclic) bond motifs is 5. The van der Waals surface area contributed by atoms with Gasteiger partial charge >= 0.3 is 0 Å². The lowest BCUT2D eigenvalue weighted by molar-refractivity contribution is -0.198. The summed E-state index contributed by atoms with van der Waals surface area (Å²) in [6.45, 7) is 4.69. The highest BCUT2D eigenvalue weighted by Crippen LogP contribution is 2.68. The first-order valence-electron chi connectivity index (χ1n) is 11.6. The van der Waals surface area contributed by atoms with E-state index in [1.807, 2.05) is 6.21 Å². The van der Waals surface area contributed by atoms with E-state index in [2.05, 4.69) is 34.6 Å². The minimum Gasteiger partial charge on any atom is -0.389 e. The molecule has 7 atom stereocenters. The Hall–Kier alpha value is -2.16. The molecule has 0 aliphatic heterocycles. The van der Waals surface area contributed by atoms with E-state index in [0.717, 1.165) is 63.5 Å². The summed E-state index contributed by atoms with van der Waals surface area (Å²) >= 11 is 0. The van der Waals surface area contributed by atoms with Crippen molar-refractivity contribution in [1.29, 1.82) is 5.41 Å². The fourth-order valence-electron chi connectivity index (χ4n) is 7.73. The lowest BCUT2D eigenvalue weighted by Gasteiger charge is -2.63. The third-order valence-electron chi connectivity index (χ3n) is 9.51. The predicted octanol–water partition coefficient (Wildman–Crippen LogP) is 1.86. The van der Waals surface area contributed by atoms with Crippen LogP contribution >= 0.6 is 0 Å². The molecule has 0 spiro atoms. The summed E-state index contributed by atoms with van der Waals surface area (Å²) in [5, 5.41) is 31.7. The van der Waals surface area contributed by atoms with E-state index in [-0.39, 0.29) is 28.7 Å². The molecule has 31 heavy (non-hydrogen) atoms. The minimum atomic E-state index is -0.664. The third kappa shape index (κ3) is 3.50. The number of rotatable bonds is 3. The lowest BCUT2D eigenvalue weighted by atomic mass is 9.43. The molecule has 2 unspecified atom stereocenters. The van der Waals surface area contributed by atoms with Crippen LogP contribution in [0.2, 0.25) is 0 Å². The summed E-state index contributed by atoms with van der Waals surface area (Å²) in [5.74, 6) is 1.46. The van der Waals surface area contributed by atoms with Gasteiger partial charge in [-0.1, -0.05) is 13.8 Å². The highest BCUT2D eigenvalue weighted by molar-refractivity contribution is 5.87. The lowest BCUT2D eigenvalue weighted by Crippen LogP contribution is -2.62. The third-order valence-corrected chi connectivity index (χ3v) is 9.51. The van der Waals surface area contributed by atoms with Gasteiger partial charge in [0.05, 0.1) is 5.60 Å². The number of guanidine groups is 2. The van der Waals surface area contributed by atoms with Crippen LogP contribution < -0.4 is 22.6 Å². The van der Waals surface area contributed by atoms with Gasteiger partial charge in [-0.15, -0.1) is 5.10 Å². The molecule has 9 nitrogen and oxygen atoms in total. The Balaban J connectivity index is 1.54. The molecule has 9 heteroatoms. The molecule has 4 fully saturated rings. The van der Waals surface area contributed by atoms with Crippen LogP contribution in [-0.2, 0) is 0 Å². The average Bonchev–Trinajstić information content (AvgIpc) is 2.97. The van der Waals surface area contributed by atoms with Crippen LogP contribution in [0, 0.1) is 39.9 Å². The van der Waals surface area contributed by atoms with E-state index < -0.39 is 5.60 Å². The Morgan fingerprint density at radius 1 is 1.10 bits per heavy atom. The highest BCUT2D eigenvalue weighted by atomic mass is 16.3. The summed E-state index contributed by atoms with van der Waals surface area (Å²) < 4.78 is 0. The zero-order valence-electron chi connectivity index (χ0n) is 18.8. The van der Waals surface area contributed by atoms with Crippen LogP contribution in [0.3, 0.4) is 0 Å². The van der Waals surface area contributed by atoms with Crippen LogP contribution in [0.15, 0.2) is 15.3 Å². The number of aliphatic hydroxyl groups is 1. The van der Waals surface area contributed by atoms with Crippen molar-refractivity contribution in [2.45, 2.75) is 77.2 Å².